The molecule has 3 heteroatoms. The second kappa shape index (κ2) is 3.47. The first-order valence-corrected chi connectivity index (χ1v) is 5.28. The van der Waals surface area contributed by atoms with Crippen LogP contribution in [-0.4, -0.2) is 22.9 Å². The molecule has 0 saturated heterocycles. The van der Waals surface area contributed by atoms with Gasteiger partial charge < -0.3 is 14.9 Å². The second-order valence-electron chi connectivity index (χ2n) is 4.02. The van der Waals surface area contributed by atoms with Crippen molar-refractivity contribution < 1.29 is 14.9 Å². The van der Waals surface area contributed by atoms with E-state index in [9.17, 15) is 10.2 Å². The zero-order valence-electron chi connectivity index (χ0n) is 8.63. The first-order chi connectivity index (χ1) is 7.77. The maximum atomic E-state index is 10.00. The van der Waals surface area contributed by atoms with Gasteiger partial charge in [-0.3, -0.25) is 0 Å². The summed E-state index contributed by atoms with van der Waals surface area (Å²) in [5, 5.41) is 21.6. The summed E-state index contributed by atoms with van der Waals surface area (Å²) in [6, 6.07) is 11.6. The third-order valence-electron chi connectivity index (χ3n) is 3.00. The van der Waals surface area contributed by atoms with Gasteiger partial charge in [0, 0.05) is 5.56 Å². The van der Waals surface area contributed by atoms with Gasteiger partial charge in [0.05, 0.1) is 0 Å². The van der Waals surface area contributed by atoms with Crippen LogP contribution >= 0.6 is 0 Å². The van der Waals surface area contributed by atoms with Gasteiger partial charge in [-0.25, -0.2) is 0 Å². The van der Waals surface area contributed by atoms with Gasteiger partial charge in [0.15, 0.2) is 0 Å². The monoisotopic (exact) mass is 216 g/mol. The lowest BCUT2D eigenvalue weighted by Gasteiger charge is -2.28. The molecule has 16 heavy (non-hydrogen) atoms. The molecule has 0 saturated carbocycles. The van der Waals surface area contributed by atoms with Crippen molar-refractivity contribution in [3.8, 4) is 5.75 Å². The quantitative estimate of drug-likeness (QED) is 0.703. The van der Waals surface area contributed by atoms with Crippen molar-refractivity contribution in [2.75, 3.05) is 6.61 Å². The fourth-order valence-electron chi connectivity index (χ4n) is 2.17. The highest BCUT2D eigenvalue weighted by molar-refractivity contribution is 5.88. The molecule has 82 valence electrons. The van der Waals surface area contributed by atoms with Gasteiger partial charge in [0.2, 0.25) is 0 Å². The zero-order chi connectivity index (χ0) is 11.1. The Labute approximate surface area is 92.9 Å². The van der Waals surface area contributed by atoms with Gasteiger partial charge in [0.25, 0.3) is 0 Å². The Kier molecular flexibility index (Phi) is 2.09. The number of hydrogen-bond donors (Lipinski definition) is 2. The summed E-state index contributed by atoms with van der Waals surface area (Å²) in [6.45, 7) is 0.145. The molecule has 2 aromatic rings. The van der Waals surface area contributed by atoms with E-state index in [1.165, 1.54) is 0 Å². The van der Waals surface area contributed by atoms with Crippen LogP contribution in [0.15, 0.2) is 36.4 Å². The van der Waals surface area contributed by atoms with E-state index in [-0.39, 0.29) is 6.61 Å². The maximum absolute atomic E-state index is 10.00. The average molecular weight is 216 g/mol. The van der Waals surface area contributed by atoms with Crippen molar-refractivity contribution in [1.82, 2.24) is 0 Å². The molecule has 1 aliphatic rings. The maximum Gasteiger partial charge on any atom is 0.125 e. The molecule has 0 bridgehead atoms. The fourth-order valence-corrected chi connectivity index (χ4v) is 2.17. The van der Waals surface area contributed by atoms with E-state index in [2.05, 4.69) is 0 Å². The lowest BCUT2D eigenvalue weighted by Crippen LogP contribution is -2.30. The Morgan fingerprint density at radius 3 is 2.75 bits per heavy atom. The lowest BCUT2D eigenvalue weighted by atomic mass is 9.95. The number of rotatable bonds is 0. The van der Waals surface area contributed by atoms with Gasteiger partial charge in [-0.05, 0) is 16.8 Å². The summed E-state index contributed by atoms with van der Waals surface area (Å²) in [7, 11) is 0. The van der Waals surface area contributed by atoms with Crippen LogP contribution in [0, 0.1) is 0 Å². The molecule has 2 N–H and O–H groups in total. The largest absolute Gasteiger partial charge is 0.490 e. The topological polar surface area (TPSA) is 49.7 Å². The van der Waals surface area contributed by atoms with E-state index in [1.807, 2.05) is 36.4 Å². The Hall–Kier alpha value is -1.58. The van der Waals surface area contributed by atoms with Crippen LogP contribution in [0.2, 0.25) is 0 Å². The highest BCUT2D eigenvalue weighted by Crippen LogP contribution is 2.37. The van der Waals surface area contributed by atoms with Gasteiger partial charge in [0.1, 0.15) is 24.6 Å². The highest BCUT2D eigenvalue weighted by atomic mass is 16.5. The molecule has 1 aliphatic heterocycles. The van der Waals surface area contributed by atoms with Crippen LogP contribution < -0.4 is 4.74 Å². The van der Waals surface area contributed by atoms with E-state index >= 15 is 0 Å². The number of aliphatic hydroxyl groups excluding tert-OH is 2. The van der Waals surface area contributed by atoms with E-state index in [0.29, 0.717) is 11.3 Å². The van der Waals surface area contributed by atoms with Crippen LogP contribution in [0.3, 0.4) is 0 Å². The molecule has 0 aromatic heterocycles. The van der Waals surface area contributed by atoms with Gasteiger partial charge >= 0.3 is 0 Å². The fraction of sp³-hybridized carbons (Fsp3) is 0.231. The van der Waals surface area contributed by atoms with Crippen LogP contribution in [0.25, 0.3) is 10.8 Å². The van der Waals surface area contributed by atoms with Gasteiger partial charge in [-0.15, -0.1) is 0 Å². The molecule has 0 radical (unpaired) electrons. The van der Waals surface area contributed by atoms with Crippen LogP contribution in [-0.2, 0) is 0 Å². The molecule has 0 aliphatic carbocycles. The van der Waals surface area contributed by atoms with Gasteiger partial charge in [-0.1, -0.05) is 30.3 Å². The molecule has 2 atom stereocenters. The molecule has 3 nitrogen and oxygen atoms in total. The van der Waals surface area contributed by atoms with Crippen molar-refractivity contribution in [3.05, 3.63) is 42.0 Å². The number of hydrogen-bond acceptors (Lipinski definition) is 3. The summed E-state index contributed by atoms with van der Waals surface area (Å²) < 4.78 is 5.40. The van der Waals surface area contributed by atoms with E-state index in [1.54, 1.807) is 0 Å². The minimum Gasteiger partial charge on any atom is -0.490 e. The summed E-state index contributed by atoms with van der Waals surface area (Å²) in [5.41, 5.74) is 0.692. The van der Waals surface area contributed by atoms with E-state index in [0.717, 1.165) is 10.8 Å². The molecule has 1 heterocycles. The van der Waals surface area contributed by atoms with Crippen molar-refractivity contribution >= 4 is 10.8 Å². The number of fused-ring (bicyclic) bond motifs is 3. The van der Waals surface area contributed by atoms with Gasteiger partial charge in [-0.2, -0.15) is 0 Å². The number of aliphatic hydroxyl groups is 2. The third-order valence-corrected chi connectivity index (χ3v) is 3.00. The Balaban J connectivity index is 2.32. The van der Waals surface area contributed by atoms with E-state index in [4.69, 9.17) is 4.74 Å². The van der Waals surface area contributed by atoms with Crippen LogP contribution in [0.5, 0.6) is 5.75 Å². The van der Waals surface area contributed by atoms with Crippen LogP contribution in [0.1, 0.15) is 11.7 Å². The Morgan fingerprint density at radius 1 is 1.06 bits per heavy atom. The molecular formula is C13H12O3. The third kappa shape index (κ3) is 1.29. The second-order valence-corrected chi connectivity index (χ2v) is 4.02. The summed E-state index contributed by atoms with van der Waals surface area (Å²) in [5.74, 6) is 0.663. The molecule has 0 spiro atoms. The number of ether oxygens (including phenoxy) is 1. The lowest BCUT2D eigenvalue weighted by molar-refractivity contribution is -0.0245. The molecule has 3 rings (SSSR count). The average Bonchev–Trinajstić information content (AvgIpc) is 2.33. The normalized spacial score (nSPS) is 23.9. The first-order valence-electron chi connectivity index (χ1n) is 5.28. The highest BCUT2D eigenvalue weighted by Gasteiger charge is 2.29. The Morgan fingerprint density at radius 2 is 1.88 bits per heavy atom. The van der Waals surface area contributed by atoms with Crippen molar-refractivity contribution in [2.24, 2.45) is 0 Å². The van der Waals surface area contributed by atoms with Crippen LogP contribution in [0.4, 0.5) is 0 Å². The standard InChI is InChI=1S/C13H12O3/c14-10-7-16-11-6-5-8-3-1-2-4-9(8)12(11)13(10)15/h1-6,10,13-15H,7H2. The van der Waals surface area contributed by atoms with Crippen molar-refractivity contribution in [1.29, 1.82) is 0 Å². The summed E-state index contributed by atoms with van der Waals surface area (Å²) in [4.78, 5) is 0. The predicted molar refractivity (Wildman–Crippen MR) is 60.4 cm³/mol. The zero-order valence-corrected chi connectivity index (χ0v) is 8.63. The molecule has 0 amide bonds. The van der Waals surface area contributed by atoms with Crippen molar-refractivity contribution in [3.63, 3.8) is 0 Å². The number of benzene rings is 2. The SMILES string of the molecule is OC1COc2ccc3ccccc3c2C1O. The van der Waals surface area contributed by atoms with E-state index < -0.39 is 12.2 Å². The predicted octanol–water partition coefficient (Wildman–Crippen LogP) is 1.63. The molecular weight excluding hydrogens is 204 g/mol. The minimum atomic E-state index is -0.866. The first kappa shape index (κ1) is 9.63. The Bertz CT molecular complexity index is 536. The molecule has 0 fully saturated rings. The summed E-state index contributed by atoms with van der Waals surface area (Å²) in [6.07, 6.45) is -1.71. The van der Waals surface area contributed by atoms with Crippen molar-refractivity contribution in [2.45, 2.75) is 12.2 Å². The minimum absolute atomic E-state index is 0.145. The smallest absolute Gasteiger partial charge is 0.125 e. The molecule has 2 aromatic carbocycles. The molecule has 2 unspecified atom stereocenters. The summed E-state index contributed by atoms with van der Waals surface area (Å²) >= 11 is 0.